The normalized spacial score (nSPS) is 23.7. The summed E-state index contributed by atoms with van der Waals surface area (Å²) in [6.07, 6.45) is 5.67. The van der Waals surface area contributed by atoms with E-state index in [9.17, 15) is 19.8 Å². The lowest BCUT2D eigenvalue weighted by Crippen LogP contribution is -2.35. The molecule has 4 aliphatic rings. The van der Waals surface area contributed by atoms with Gasteiger partial charge in [0.15, 0.2) is 23.0 Å². The molecule has 2 amide bonds. The summed E-state index contributed by atoms with van der Waals surface area (Å²) >= 11 is 0. The number of nitrogens with zero attached hydrogens (tertiary/aromatic N) is 4. The molecule has 6 rings (SSSR count). The van der Waals surface area contributed by atoms with Gasteiger partial charge in [-0.2, -0.15) is 0 Å². The van der Waals surface area contributed by atoms with E-state index in [1.165, 1.54) is 14.2 Å². The first kappa shape index (κ1) is 28.9. The predicted octanol–water partition coefficient (Wildman–Crippen LogP) is 2.91. The van der Waals surface area contributed by atoms with Crippen LogP contribution in [0.2, 0.25) is 0 Å². The highest BCUT2D eigenvalue weighted by atomic mass is 16.5. The summed E-state index contributed by atoms with van der Waals surface area (Å²) in [5.41, 5.74) is 1.90. The monoisotopic (exact) mass is 592 g/mol. The van der Waals surface area contributed by atoms with Crippen LogP contribution < -0.4 is 18.9 Å². The number of unbranched alkanes of at least 4 members (excludes halogenated alkanes) is 2. The molecule has 2 aromatic carbocycles. The molecule has 2 saturated heterocycles. The number of hydrogen-bond acceptors (Lipinski definition) is 10. The third kappa shape index (κ3) is 5.76. The van der Waals surface area contributed by atoms with Gasteiger partial charge in [0.1, 0.15) is 0 Å². The summed E-state index contributed by atoms with van der Waals surface area (Å²) in [6, 6.07) is 6.33. The maximum atomic E-state index is 13.1. The van der Waals surface area contributed by atoms with Crippen LogP contribution in [0.3, 0.4) is 0 Å². The van der Waals surface area contributed by atoms with Crippen LogP contribution in [0.25, 0.3) is 0 Å². The number of rotatable bonds is 10. The van der Waals surface area contributed by atoms with Crippen LogP contribution >= 0.6 is 0 Å². The first-order valence-electron chi connectivity index (χ1n) is 14.6. The molecule has 43 heavy (non-hydrogen) atoms. The lowest BCUT2D eigenvalue weighted by atomic mass is 10.1. The number of carbonyl (C=O) groups excluding carboxylic acids is 2. The summed E-state index contributed by atoms with van der Waals surface area (Å²) in [5, 5.41) is 19.9. The fourth-order valence-corrected chi connectivity index (χ4v) is 6.02. The van der Waals surface area contributed by atoms with E-state index in [0.717, 1.165) is 19.3 Å². The number of fused-ring (bicyclic) bond motifs is 4. The summed E-state index contributed by atoms with van der Waals surface area (Å²) in [6.45, 7) is 1.46. The molecule has 0 radical (unpaired) electrons. The number of amides is 2. The Morgan fingerprint density at radius 3 is 1.56 bits per heavy atom. The van der Waals surface area contributed by atoms with Gasteiger partial charge >= 0.3 is 0 Å². The van der Waals surface area contributed by atoms with Crippen molar-refractivity contribution < 1.29 is 38.7 Å². The molecule has 2 N–H and O–H groups in total. The number of carbonyl (C=O) groups is 2. The molecule has 12 nitrogen and oxygen atoms in total. The largest absolute Gasteiger partial charge is 0.493 e. The van der Waals surface area contributed by atoms with E-state index in [4.69, 9.17) is 18.9 Å². The maximum absolute atomic E-state index is 13.1. The number of hydrogen-bond donors (Lipinski definition) is 2. The molecule has 4 aliphatic heterocycles. The molecule has 2 aromatic rings. The minimum atomic E-state index is -0.545. The number of aliphatic hydroxyl groups excluding tert-OH is 2. The molecule has 228 valence electrons. The quantitative estimate of drug-likeness (QED) is 0.401. The average Bonchev–Trinajstić information content (AvgIpc) is 3.51. The third-order valence-corrected chi connectivity index (χ3v) is 8.26. The summed E-state index contributed by atoms with van der Waals surface area (Å²) < 4.78 is 23.0. The van der Waals surface area contributed by atoms with Crippen molar-refractivity contribution in [2.75, 3.05) is 40.5 Å². The highest BCUT2D eigenvalue weighted by Crippen LogP contribution is 2.39. The van der Waals surface area contributed by atoms with Gasteiger partial charge < -0.3 is 39.0 Å². The second-order valence-corrected chi connectivity index (χ2v) is 11.2. The number of ether oxygens (including phenoxy) is 4. The van der Waals surface area contributed by atoms with E-state index in [2.05, 4.69) is 9.98 Å². The molecule has 0 aromatic heterocycles. The zero-order valence-corrected chi connectivity index (χ0v) is 24.3. The smallest absolute Gasteiger partial charge is 0.256 e. The van der Waals surface area contributed by atoms with E-state index >= 15 is 0 Å². The van der Waals surface area contributed by atoms with Crippen molar-refractivity contribution in [2.24, 2.45) is 9.98 Å². The fraction of sp³-hybridized carbons (Fsp3) is 0.484. The Morgan fingerprint density at radius 2 is 1.14 bits per heavy atom. The molecule has 0 saturated carbocycles. The van der Waals surface area contributed by atoms with Crippen molar-refractivity contribution in [2.45, 2.75) is 56.4 Å². The van der Waals surface area contributed by atoms with Gasteiger partial charge in [-0.25, -0.2) is 0 Å². The second-order valence-electron chi connectivity index (χ2n) is 11.2. The maximum Gasteiger partial charge on any atom is 0.256 e. The molecule has 0 bridgehead atoms. The van der Waals surface area contributed by atoms with E-state index < -0.39 is 12.2 Å². The first-order chi connectivity index (χ1) is 20.9. The molecular weight excluding hydrogens is 556 g/mol. The van der Waals surface area contributed by atoms with Gasteiger partial charge in [-0.15, -0.1) is 0 Å². The number of benzene rings is 2. The highest BCUT2D eigenvalue weighted by molar-refractivity contribution is 6.04. The Bertz CT molecular complexity index is 1350. The zero-order valence-electron chi connectivity index (χ0n) is 24.3. The van der Waals surface area contributed by atoms with E-state index in [0.29, 0.717) is 71.6 Å². The Labute approximate surface area is 249 Å². The standard InChI is InChI=1S/C31H36N4O8/c1-40-26-10-22-24(32-14-18-8-20(36)16-34(18)30(22)38)12-28(26)42-6-4-3-5-7-43-29-13-25-23(11-27(29)41-2)31(39)35-17-21(37)9-19(35)15-33-25/h10-15,18-21,36-37H,3-9,16-17H2,1-2H3. The number of aliphatic imine (C=N–C) groups is 2. The van der Waals surface area contributed by atoms with Crippen LogP contribution in [-0.4, -0.2) is 109 Å². The summed E-state index contributed by atoms with van der Waals surface area (Å²) in [7, 11) is 3.06. The van der Waals surface area contributed by atoms with Crippen LogP contribution in [0.15, 0.2) is 34.3 Å². The van der Waals surface area contributed by atoms with E-state index in [-0.39, 0.29) is 37.0 Å². The van der Waals surface area contributed by atoms with Crippen molar-refractivity contribution >= 4 is 35.6 Å². The van der Waals surface area contributed by atoms with Gasteiger partial charge in [-0.05, 0) is 31.4 Å². The molecule has 0 spiro atoms. The van der Waals surface area contributed by atoms with Gasteiger partial charge in [0.05, 0.1) is 74.2 Å². The van der Waals surface area contributed by atoms with Crippen LogP contribution in [0.4, 0.5) is 11.4 Å². The van der Waals surface area contributed by atoms with Gasteiger partial charge in [0.2, 0.25) is 0 Å². The summed E-state index contributed by atoms with van der Waals surface area (Å²) in [5.74, 6) is 1.59. The minimum Gasteiger partial charge on any atom is -0.493 e. The summed E-state index contributed by atoms with van der Waals surface area (Å²) in [4.78, 5) is 38.5. The van der Waals surface area contributed by atoms with Gasteiger partial charge in [0.25, 0.3) is 11.8 Å². The number of methoxy groups -OCH3 is 2. The first-order valence-corrected chi connectivity index (χ1v) is 14.6. The van der Waals surface area contributed by atoms with Crippen molar-refractivity contribution in [3.8, 4) is 23.0 Å². The van der Waals surface area contributed by atoms with Crippen LogP contribution in [-0.2, 0) is 0 Å². The van der Waals surface area contributed by atoms with Crippen LogP contribution in [0, 0.1) is 0 Å². The molecule has 4 unspecified atom stereocenters. The van der Waals surface area contributed by atoms with Crippen molar-refractivity contribution in [1.82, 2.24) is 9.80 Å². The van der Waals surface area contributed by atoms with Gasteiger partial charge in [-0.3, -0.25) is 19.6 Å². The topological polar surface area (TPSA) is 143 Å². The van der Waals surface area contributed by atoms with E-state index in [1.807, 2.05) is 0 Å². The number of aliphatic hydroxyl groups is 2. The fourth-order valence-electron chi connectivity index (χ4n) is 6.02. The Hall–Kier alpha value is -4.16. The van der Waals surface area contributed by atoms with Gasteiger partial charge in [0, 0.05) is 50.5 Å². The Balaban J connectivity index is 1.02. The highest BCUT2D eigenvalue weighted by Gasteiger charge is 2.38. The molecular formula is C31H36N4O8. The van der Waals surface area contributed by atoms with Crippen molar-refractivity contribution in [3.05, 3.63) is 35.4 Å². The SMILES string of the molecule is COc1cc2c(cc1OCCCCCOc1cc3c(cc1OC)C(=O)N1CC(O)CC1C=N3)N=CC1CC(O)CN1C2=O. The predicted molar refractivity (Wildman–Crippen MR) is 158 cm³/mol. The molecule has 4 atom stereocenters. The molecule has 4 heterocycles. The molecule has 2 fully saturated rings. The van der Waals surface area contributed by atoms with E-state index in [1.54, 1.807) is 46.5 Å². The Morgan fingerprint density at radius 1 is 0.698 bits per heavy atom. The van der Waals surface area contributed by atoms with Crippen LogP contribution in [0.1, 0.15) is 52.8 Å². The third-order valence-electron chi connectivity index (χ3n) is 8.26. The second kappa shape index (κ2) is 12.2. The lowest BCUT2D eigenvalue weighted by molar-refractivity contribution is 0.0743. The average molecular weight is 593 g/mol. The van der Waals surface area contributed by atoms with Crippen molar-refractivity contribution in [1.29, 1.82) is 0 Å². The lowest BCUT2D eigenvalue weighted by Gasteiger charge is -2.20. The van der Waals surface area contributed by atoms with Crippen molar-refractivity contribution in [3.63, 3.8) is 0 Å². The molecule has 12 heteroatoms. The zero-order chi connectivity index (χ0) is 30.1. The minimum absolute atomic E-state index is 0.177. The molecule has 0 aliphatic carbocycles. The van der Waals surface area contributed by atoms with Gasteiger partial charge in [-0.1, -0.05) is 0 Å². The van der Waals surface area contributed by atoms with Crippen LogP contribution in [0.5, 0.6) is 23.0 Å². The Kier molecular flexibility index (Phi) is 8.22.